The number of pyridine rings is 1. The molecule has 0 spiro atoms. The Hall–Kier alpha value is -0.540. The van der Waals surface area contributed by atoms with Crippen molar-refractivity contribution in [3.8, 4) is 0 Å². The summed E-state index contributed by atoms with van der Waals surface area (Å²) in [5.41, 5.74) is 0.896. The molecule has 1 aromatic rings. The zero-order valence-corrected chi connectivity index (χ0v) is 10.5. The van der Waals surface area contributed by atoms with Crippen LogP contribution >= 0.6 is 11.8 Å². The van der Waals surface area contributed by atoms with Gasteiger partial charge < -0.3 is 5.11 Å². The first-order chi connectivity index (χ1) is 7.75. The first-order valence-electron chi connectivity index (χ1n) is 6.06. The summed E-state index contributed by atoms with van der Waals surface area (Å²) >= 11 is 1.89. The van der Waals surface area contributed by atoms with E-state index in [0.717, 1.165) is 15.8 Å². The van der Waals surface area contributed by atoms with Gasteiger partial charge in [0.1, 0.15) is 0 Å². The lowest BCUT2D eigenvalue weighted by Gasteiger charge is -2.20. The van der Waals surface area contributed by atoms with E-state index >= 15 is 0 Å². The Labute approximate surface area is 101 Å². The lowest BCUT2D eigenvalue weighted by molar-refractivity contribution is 0.198. The Kier molecular flexibility index (Phi) is 4.24. The van der Waals surface area contributed by atoms with E-state index in [1.807, 2.05) is 23.9 Å². The molecule has 1 saturated carbocycles. The van der Waals surface area contributed by atoms with Crippen molar-refractivity contribution in [3.05, 3.63) is 23.9 Å². The first kappa shape index (κ1) is 11.9. The van der Waals surface area contributed by atoms with Crippen molar-refractivity contribution >= 4 is 11.8 Å². The highest BCUT2D eigenvalue weighted by molar-refractivity contribution is 7.99. The molecular formula is C13H19NOS. The van der Waals surface area contributed by atoms with E-state index in [1.165, 1.54) is 32.1 Å². The fourth-order valence-electron chi connectivity index (χ4n) is 2.06. The van der Waals surface area contributed by atoms with Crippen LogP contribution < -0.4 is 0 Å². The van der Waals surface area contributed by atoms with Crippen molar-refractivity contribution in [2.75, 3.05) is 0 Å². The van der Waals surface area contributed by atoms with E-state index in [2.05, 4.69) is 4.98 Å². The van der Waals surface area contributed by atoms with Gasteiger partial charge >= 0.3 is 0 Å². The van der Waals surface area contributed by atoms with Crippen molar-refractivity contribution in [2.45, 2.75) is 55.4 Å². The molecule has 1 unspecified atom stereocenters. The highest BCUT2D eigenvalue weighted by Gasteiger charge is 2.15. The molecule has 1 fully saturated rings. The van der Waals surface area contributed by atoms with E-state index in [9.17, 15) is 5.11 Å². The monoisotopic (exact) mass is 237 g/mol. The topological polar surface area (TPSA) is 33.1 Å². The van der Waals surface area contributed by atoms with Crippen LogP contribution in [0, 0.1) is 0 Å². The normalized spacial score (nSPS) is 19.6. The van der Waals surface area contributed by atoms with Crippen LogP contribution in [-0.2, 0) is 0 Å². The van der Waals surface area contributed by atoms with Crippen LogP contribution in [0.15, 0.2) is 23.4 Å². The number of thioether (sulfide) groups is 1. The van der Waals surface area contributed by atoms with Crippen LogP contribution in [0.25, 0.3) is 0 Å². The van der Waals surface area contributed by atoms with E-state index in [1.54, 1.807) is 13.1 Å². The molecule has 1 N–H and O–H groups in total. The minimum absolute atomic E-state index is 0.416. The molecular weight excluding hydrogens is 218 g/mol. The van der Waals surface area contributed by atoms with Crippen molar-refractivity contribution in [2.24, 2.45) is 0 Å². The van der Waals surface area contributed by atoms with Gasteiger partial charge in [-0.15, -0.1) is 11.8 Å². The van der Waals surface area contributed by atoms with Gasteiger partial charge in [-0.3, -0.25) is 0 Å². The maximum Gasteiger partial charge on any atom is 0.0962 e. The van der Waals surface area contributed by atoms with Gasteiger partial charge in [-0.1, -0.05) is 25.3 Å². The lowest BCUT2D eigenvalue weighted by atomic mass is 10.0. The lowest BCUT2D eigenvalue weighted by Crippen LogP contribution is -2.08. The number of aliphatic hydroxyl groups excluding tert-OH is 1. The number of hydrogen-bond acceptors (Lipinski definition) is 3. The molecule has 1 aliphatic carbocycles. The second kappa shape index (κ2) is 5.69. The summed E-state index contributed by atoms with van der Waals surface area (Å²) in [5, 5.41) is 11.2. The van der Waals surface area contributed by atoms with E-state index in [4.69, 9.17) is 0 Å². The number of rotatable bonds is 3. The quantitative estimate of drug-likeness (QED) is 0.872. The Balaban J connectivity index is 1.93. The Bertz CT molecular complexity index is 317. The van der Waals surface area contributed by atoms with Gasteiger partial charge in [-0.25, -0.2) is 4.98 Å². The molecule has 0 amide bonds. The van der Waals surface area contributed by atoms with E-state index in [0.29, 0.717) is 0 Å². The molecule has 0 aliphatic heterocycles. The summed E-state index contributed by atoms with van der Waals surface area (Å²) in [6, 6.07) is 4.00. The van der Waals surface area contributed by atoms with Gasteiger partial charge in [0.25, 0.3) is 0 Å². The predicted octanol–water partition coefficient (Wildman–Crippen LogP) is 3.56. The summed E-state index contributed by atoms with van der Waals surface area (Å²) in [7, 11) is 0. The molecule has 2 nitrogen and oxygen atoms in total. The highest BCUT2D eigenvalue weighted by Crippen LogP contribution is 2.32. The van der Waals surface area contributed by atoms with Crippen LogP contribution in [0.3, 0.4) is 0 Å². The van der Waals surface area contributed by atoms with Crippen molar-refractivity contribution in [1.29, 1.82) is 0 Å². The summed E-state index contributed by atoms with van der Waals surface area (Å²) in [6.45, 7) is 1.77. The molecule has 1 atom stereocenters. The molecule has 1 heterocycles. The number of nitrogens with zero attached hydrogens (tertiary/aromatic N) is 1. The fraction of sp³-hybridized carbons (Fsp3) is 0.615. The summed E-state index contributed by atoms with van der Waals surface area (Å²) in [4.78, 5) is 4.40. The summed E-state index contributed by atoms with van der Waals surface area (Å²) in [5.74, 6) is 0. The Morgan fingerprint density at radius 2 is 2.06 bits per heavy atom. The number of aromatic nitrogens is 1. The fourth-order valence-corrected chi connectivity index (χ4v) is 3.23. The van der Waals surface area contributed by atoms with Crippen LogP contribution in [0.1, 0.15) is 50.7 Å². The SMILES string of the molecule is CC(O)c1ccc(SC2CCCCC2)nc1. The minimum atomic E-state index is -0.416. The highest BCUT2D eigenvalue weighted by atomic mass is 32.2. The molecule has 1 aliphatic rings. The van der Waals surface area contributed by atoms with Gasteiger partial charge in [0.2, 0.25) is 0 Å². The van der Waals surface area contributed by atoms with Crippen LogP contribution in [0.2, 0.25) is 0 Å². The standard InChI is InChI=1S/C13H19NOS/c1-10(15)11-7-8-13(14-9-11)16-12-5-3-2-4-6-12/h7-10,12,15H,2-6H2,1H3. The number of aliphatic hydroxyl groups is 1. The van der Waals surface area contributed by atoms with Gasteiger partial charge in [0, 0.05) is 11.4 Å². The molecule has 3 heteroatoms. The van der Waals surface area contributed by atoms with Gasteiger partial charge in [-0.05, 0) is 31.4 Å². The minimum Gasteiger partial charge on any atom is -0.389 e. The number of hydrogen-bond donors (Lipinski definition) is 1. The molecule has 0 radical (unpaired) electrons. The Morgan fingerprint density at radius 3 is 2.62 bits per heavy atom. The van der Waals surface area contributed by atoms with E-state index in [-0.39, 0.29) is 0 Å². The third-order valence-corrected chi connectivity index (χ3v) is 4.37. The van der Waals surface area contributed by atoms with Gasteiger partial charge in [-0.2, -0.15) is 0 Å². The third kappa shape index (κ3) is 3.22. The molecule has 1 aromatic heterocycles. The van der Waals surface area contributed by atoms with Gasteiger partial charge in [0.05, 0.1) is 11.1 Å². The molecule has 0 aromatic carbocycles. The van der Waals surface area contributed by atoms with Crippen LogP contribution in [0.4, 0.5) is 0 Å². The molecule has 0 bridgehead atoms. The zero-order chi connectivity index (χ0) is 11.4. The summed E-state index contributed by atoms with van der Waals surface area (Å²) < 4.78 is 0. The smallest absolute Gasteiger partial charge is 0.0962 e. The zero-order valence-electron chi connectivity index (χ0n) is 9.72. The van der Waals surface area contributed by atoms with Crippen molar-refractivity contribution in [1.82, 2.24) is 4.98 Å². The summed E-state index contributed by atoms with van der Waals surface area (Å²) in [6.07, 6.45) is 8.14. The largest absolute Gasteiger partial charge is 0.389 e. The maximum absolute atomic E-state index is 9.39. The second-order valence-corrected chi connectivity index (χ2v) is 5.80. The van der Waals surface area contributed by atoms with Crippen molar-refractivity contribution < 1.29 is 5.11 Å². The molecule has 0 saturated heterocycles. The van der Waals surface area contributed by atoms with E-state index < -0.39 is 6.10 Å². The molecule has 88 valence electrons. The van der Waals surface area contributed by atoms with Crippen LogP contribution in [0.5, 0.6) is 0 Å². The predicted molar refractivity (Wildman–Crippen MR) is 67.6 cm³/mol. The van der Waals surface area contributed by atoms with Gasteiger partial charge in [0.15, 0.2) is 0 Å². The Morgan fingerprint density at radius 1 is 1.31 bits per heavy atom. The third-order valence-electron chi connectivity index (χ3n) is 3.08. The maximum atomic E-state index is 9.39. The molecule has 16 heavy (non-hydrogen) atoms. The van der Waals surface area contributed by atoms with Crippen LogP contribution in [-0.4, -0.2) is 15.3 Å². The average molecular weight is 237 g/mol. The second-order valence-electron chi connectivity index (χ2n) is 4.48. The molecule has 2 rings (SSSR count). The average Bonchev–Trinajstić information content (AvgIpc) is 2.31. The first-order valence-corrected chi connectivity index (χ1v) is 6.94. The van der Waals surface area contributed by atoms with Crippen molar-refractivity contribution in [3.63, 3.8) is 0 Å².